The van der Waals surface area contributed by atoms with E-state index in [1.165, 1.54) is 47.9 Å². The Morgan fingerprint density at radius 2 is 2.00 bits per heavy atom. The average molecular weight is 274 g/mol. The molecule has 2 aliphatic carbocycles. The maximum atomic E-state index is 5.71. The fourth-order valence-corrected chi connectivity index (χ4v) is 4.20. The van der Waals surface area contributed by atoms with Gasteiger partial charge >= 0.3 is 0 Å². The molecule has 0 aromatic carbocycles. The second-order valence-electron chi connectivity index (χ2n) is 5.99. The van der Waals surface area contributed by atoms with Crippen LogP contribution in [0.15, 0.2) is 0 Å². The van der Waals surface area contributed by atoms with Crippen molar-refractivity contribution in [2.75, 3.05) is 5.43 Å². The molecule has 2 heterocycles. The summed E-state index contributed by atoms with van der Waals surface area (Å²) < 4.78 is 0. The van der Waals surface area contributed by atoms with Crippen LogP contribution in [0.5, 0.6) is 0 Å². The zero-order valence-corrected chi connectivity index (χ0v) is 11.9. The molecule has 0 amide bonds. The number of aryl methyl sites for hydroxylation is 2. The molecular formula is C14H18N4S. The number of nitrogen functional groups attached to an aromatic ring is 1. The maximum Gasteiger partial charge on any atom is 0.152 e. The van der Waals surface area contributed by atoms with E-state index < -0.39 is 0 Å². The zero-order chi connectivity index (χ0) is 13.0. The second-order valence-corrected chi connectivity index (χ2v) is 7.08. The topological polar surface area (TPSA) is 63.8 Å². The van der Waals surface area contributed by atoms with E-state index in [9.17, 15) is 0 Å². The SMILES string of the molecule is CC1(c2nc(NN)c3c4c(sc3n2)CCCC4)CC1. The smallest absolute Gasteiger partial charge is 0.152 e. The second kappa shape index (κ2) is 3.90. The van der Waals surface area contributed by atoms with Crippen molar-refractivity contribution in [2.45, 2.75) is 50.9 Å². The van der Waals surface area contributed by atoms with Crippen molar-refractivity contribution in [1.29, 1.82) is 0 Å². The number of thiophene rings is 1. The van der Waals surface area contributed by atoms with Crippen LogP contribution in [0.3, 0.4) is 0 Å². The van der Waals surface area contributed by atoms with Crippen molar-refractivity contribution >= 4 is 27.4 Å². The minimum atomic E-state index is 0.185. The summed E-state index contributed by atoms with van der Waals surface area (Å²) in [7, 11) is 0. The number of hydrogen-bond donors (Lipinski definition) is 2. The first kappa shape index (κ1) is 11.6. The van der Waals surface area contributed by atoms with Gasteiger partial charge in [0.2, 0.25) is 0 Å². The molecule has 2 aliphatic rings. The lowest BCUT2D eigenvalue weighted by molar-refractivity contribution is 0.699. The van der Waals surface area contributed by atoms with Gasteiger partial charge in [0, 0.05) is 10.3 Å². The molecule has 0 spiro atoms. The van der Waals surface area contributed by atoms with Gasteiger partial charge in [0.15, 0.2) is 5.82 Å². The molecule has 0 saturated heterocycles. The lowest BCUT2D eigenvalue weighted by Crippen LogP contribution is -2.14. The molecule has 4 rings (SSSR count). The van der Waals surface area contributed by atoms with E-state index in [4.69, 9.17) is 15.8 Å². The molecule has 3 N–H and O–H groups in total. The van der Waals surface area contributed by atoms with Crippen molar-refractivity contribution in [2.24, 2.45) is 5.84 Å². The Hall–Kier alpha value is -1.20. The minimum absolute atomic E-state index is 0.185. The number of hydrogen-bond acceptors (Lipinski definition) is 5. The van der Waals surface area contributed by atoms with Crippen molar-refractivity contribution < 1.29 is 0 Å². The molecule has 19 heavy (non-hydrogen) atoms. The van der Waals surface area contributed by atoms with Gasteiger partial charge in [-0.25, -0.2) is 15.8 Å². The molecule has 0 radical (unpaired) electrons. The predicted octanol–water partition coefficient (Wildman–Crippen LogP) is 2.91. The summed E-state index contributed by atoms with van der Waals surface area (Å²) in [5.74, 6) is 7.50. The summed E-state index contributed by atoms with van der Waals surface area (Å²) in [6, 6.07) is 0. The minimum Gasteiger partial charge on any atom is -0.308 e. The lowest BCUT2D eigenvalue weighted by atomic mass is 9.97. The van der Waals surface area contributed by atoms with Crippen molar-refractivity contribution in [1.82, 2.24) is 9.97 Å². The first-order valence-corrected chi connectivity index (χ1v) is 7.82. The highest BCUT2D eigenvalue weighted by Gasteiger charge is 2.42. The Bertz CT molecular complexity index is 657. The quantitative estimate of drug-likeness (QED) is 0.653. The number of fused-ring (bicyclic) bond motifs is 3. The molecule has 5 heteroatoms. The van der Waals surface area contributed by atoms with Crippen molar-refractivity contribution in [3.63, 3.8) is 0 Å². The summed E-state index contributed by atoms with van der Waals surface area (Å²) in [6.45, 7) is 2.24. The number of aromatic nitrogens is 2. The van der Waals surface area contributed by atoms with Gasteiger partial charge in [0.1, 0.15) is 10.7 Å². The molecule has 1 saturated carbocycles. The van der Waals surface area contributed by atoms with Crippen LogP contribution in [-0.2, 0) is 18.3 Å². The first-order chi connectivity index (χ1) is 9.21. The molecule has 2 aromatic rings. The van der Waals surface area contributed by atoms with Gasteiger partial charge in [-0.1, -0.05) is 6.92 Å². The summed E-state index contributed by atoms with van der Waals surface area (Å²) >= 11 is 1.84. The molecule has 0 atom stereocenters. The highest BCUT2D eigenvalue weighted by molar-refractivity contribution is 7.19. The molecule has 0 unspecified atom stereocenters. The number of anilines is 1. The van der Waals surface area contributed by atoms with Gasteiger partial charge in [-0.2, -0.15) is 0 Å². The normalized spacial score (nSPS) is 20.3. The van der Waals surface area contributed by atoms with Crippen LogP contribution < -0.4 is 11.3 Å². The molecule has 4 nitrogen and oxygen atoms in total. The van der Waals surface area contributed by atoms with Gasteiger partial charge < -0.3 is 5.43 Å². The lowest BCUT2D eigenvalue weighted by Gasteiger charge is -2.13. The van der Waals surface area contributed by atoms with Crippen LogP contribution in [0.1, 0.15) is 48.9 Å². The number of rotatable bonds is 2. The van der Waals surface area contributed by atoms with Crippen LogP contribution in [0.4, 0.5) is 5.82 Å². The molecule has 2 aromatic heterocycles. The zero-order valence-electron chi connectivity index (χ0n) is 11.1. The van der Waals surface area contributed by atoms with E-state index in [1.807, 2.05) is 11.3 Å². The van der Waals surface area contributed by atoms with Gasteiger partial charge in [0.25, 0.3) is 0 Å². The van der Waals surface area contributed by atoms with E-state index in [1.54, 1.807) is 0 Å². The van der Waals surface area contributed by atoms with Crippen LogP contribution in [0, 0.1) is 0 Å². The van der Waals surface area contributed by atoms with Crippen molar-refractivity contribution in [3.8, 4) is 0 Å². The highest BCUT2D eigenvalue weighted by Crippen LogP contribution is 2.48. The summed E-state index contributed by atoms with van der Waals surface area (Å²) in [6.07, 6.45) is 7.27. The Labute approximate surface area is 116 Å². The van der Waals surface area contributed by atoms with E-state index in [0.717, 1.165) is 22.9 Å². The Morgan fingerprint density at radius 1 is 1.21 bits per heavy atom. The van der Waals surface area contributed by atoms with Crippen LogP contribution in [-0.4, -0.2) is 9.97 Å². The summed E-state index contributed by atoms with van der Waals surface area (Å²) in [4.78, 5) is 12.1. The standard InChI is InChI=1S/C14H18N4S/c1-14(6-7-14)13-16-11(18-15)10-8-4-2-3-5-9(8)19-12(10)17-13/h2-7,15H2,1H3,(H,16,17,18). The van der Waals surface area contributed by atoms with E-state index in [-0.39, 0.29) is 5.41 Å². The van der Waals surface area contributed by atoms with E-state index in [0.29, 0.717) is 0 Å². The Kier molecular flexibility index (Phi) is 2.38. The number of nitrogens with one attached hydrogen (secondary N) is 1. The van der Waals surface area contributed by atoms with Gasteiger partial charge in [-0.3, -0.25) is 0 Å². The van der Waals surface area contributed by atoms with E-state index in [2.05, 4.69) is 12.3 Å². The van der Waals surface area contributed by atoms with Gasteiger partial charge in [-0.15, -0.1) is 11.3 Å². The van der Waals surface area contributed by atoms with Gasteiger partial charge in [0.05, 0.1) is 5.39 Å². The molecular weight excluding hydrogens is 256 g/mol. The third-order valence-corrected chi connectivity index (χ3v) is 5.68. The fourth-order valence-electron chi connectivity index (χ4n) is 2.94. The predicted molar refractivity (Wildman–Crippen MR) is 78.5 cm³/mol. The van der Waals surface area contributed by atoms with Crippen molar-refractivity contribution in [3.05, 3.63) is 16.3 Å². The van der Waals surface area contributed by atoms with Crippen LogP contribution in [0.25, 0.3) is 10.2 Å². The maximum absolute atomic E-state index is 5.71. The largest absolute Gasteiger partial charge is 0.308 e. The van der Waals surface area contributed by atoms with Crippen LogP contribution in [0.2, 0.25) is 0 Å². The third-order valence-electron chi connectivity index (χ3n) is 4.49. The number of hydrazine groups is 1. The Morgan fingerprint density at radius 3 is 2.74 bits per heavy atom. The summed E-state index contributed by atoms with van der Waals surface area (Å²) in [5, 5.41) is 1.18. The highest BCUT2D eigenvalue weighted by atomic mass is 32.1. The summed E-state index contributed by atoms with van der Waals surface area (Å²) in [5.41, 5.74) is 4.42. The molecule has 100 valence electrons. The average Bonchev–Trinajstić information content (AvgIpc) is 3.07. The third kappa shape index (κ3) is 1.68. The first-order valence-electron chi connectivity index (χ1n) is 7.01. The molecule has 1 fully saturated rings. The number of nitrogens with two attached hydrogens (primary N) is 1. The fraction of sp³-hybridized carbons (Fsp3) is 0.571. The van der Waals surface area contributed by atoms with Gasteiger partial charge in [-0.05, 0) is 44.1 Å². The Balaban J connectivity index is 1.98. The molecule has 0 aliphatic heterocycles. The van der Waals surface area contributed by atoms with Crippen LogP contribution >= 0.6 is 11.3 Å². The monoisotopic (exact) mass is 274 g/mol. The van der Waals surface area contributed by atoms with E-state index >= 15 is 0 Å². The molecule has 0 bridgehead atoms. The number of nitrogens with zero attached hydrogens (tertiary/aromatic N) is 2.